The van der Waals surface area contributed by atoms with Crippen LogP contribution in [0.2, 0.25) is 0 Å². The van der Waals surface area contributed by atoms with Crippen molar-refractivity contribution in [3.8, 4) is 11.5 Å². The van der Waals surface area contributed by atoms with Gasteiger partial charge in [-0.3, -0.25) is 0 Å². The van der Waals surface area contributed by atoms with E-state index in [2.05, 4.69) is 11.6 Å². The highest BCUT2D eigenvalue weighted by molar-refractivity contribution is 6.17. The van der Waals surface area contributed by atoms with Crippen molar-refractivity contribution < 1.29 is 19.0 Å². The molecule has 0 aromatic heterocycles. The molecule has 0 radical (unpaired) electrons. The molecule has 3 aromatic rings. The first-order valence-electron chi connectivity index (χ1n) is 9.12. The number of carbonyl (C=O) groups is 1. The van der Waals surface area contributed by atoms with Gasteiger partial charge in [-0.2, -0.15) is 0 Å². The van der Waals surface area contributed by atoms with E-state index in [-0.39, 0.29) is 5.70 Å². The van der Waals surface area contributed by atoms with Gasteiger partial charge in [-0.1, -0.05) is 55.1 Å². The summed E-state index contributed by atoms with van der Waals surface area (Å²) < 4.78 is 16.4. The molecule has 0 saturated heterocycles. The largest absolute Gasteiger partial charge is 0.493 e. The average molecular weight is 385 g/mol. The smallest absolute Gasteiger partial charge is 0.363 e. The molecule has 5 nitrogen and oxygen atoms in total. The molecule has 0 N–H and O–H groups in total. The maximum Gasteiger partial charge on any atom is 0.363 e. The van der Waals surface area contributed by atoms with Gasteiger partial charge < -0.3 is 14.2 Å². The number of rotatable bonds is 6. The van der Waals surface area contributed by atoms with Crippen LogP contribution in [0.4, 0.5) is 0 Å². The Labute approximate surface area is 168 Å². The zero-order valence-corrected chi connectivity index (χ0v) is 15.9. The Morgan fingerprint density at radius 3 is 2.72 bits per heavy atom. The minimum Gasteiger partial charge on any atom is -0.493 e. The molecule has 1 heterocycles. The predicted octanol–water partition coefficient (Wildman–Crippen LogP) is 4.76. The van der Waals surface area contributed by atoms with Gasteiger partial charge >= 0.3 is 5.97 Å². The van der Waals surface area contributed by atoms with Gasteiger partial charge in [0.05, 0.1) is 7.11 Å². The Morgan fingerprint density at radius 1 is 1.07 bits per heavy atom. The number of fused-ring (bicyclic) bond motifs is 1. The van der Waals surface area contributed by atoms with Gasteiger partial charge in [0.2, 0.25) is 5.90 Å². The van der Waals surface area contributed by atoms with Crippen LogP contribution in [0, 0.1) is 0 Å². The first-order chi connectivity index (χ1) is 14.2. The van der Waals surface area contributed by atoms with Crippen molar-refractivity contribution in [1.82, 2.24) is 0 Å². The minimum absolute atomic E-state index is 0.231. The first kappa shape index (κ1) is 18.5. The van der Waals surface area contributed by atoms with Crippen molar-refractivity contribution in [2.75, 3.05) is 13.7 Å². The molecule has 0 aliphatic carbocycles. The molecule has 1 aliphatic rings. The van der Waals surface area contributed by atoms with E-state index in [1.807, 2.05) is 48.5 Å². The molecular weight excluding hydrogens is 366 g/mol. The van der Waals surface area contributed by atoms with Gasteiger partial charge in [-0.25, -0.2) is 9.79 Å². The Bertz CT molecular complexity index is 1160. The quantitative estimate of drug-likeness (QED) is 0.349. The van der Waals surface area contributed by atoms with Crippen LogP contribution >= 0.6 is 0 Å². The summed E-state index contributed by atoms with van der Waals surface area (Å²) in [5, 5.41) is 2.04. The molecule has 0 unspecified atom stereocenters. The molecule has 0 bridgehead atoms. The third-order valence-corrected chi connectivity index (χ3v) is 4.49. The van der Waals surface area contributed by atoms with Gasteiger partial charge in [0.25, 0.3) is 0 Å². The minimum atomic E-state index is -0.487. The number of cyclic esters (lactones) is 1. The zero-order valence-electron chi connectivity index (χ0n) is 15.9. The lowest BCUT2D eigenvalue weighted by atomic mass is 10.0. The maximum atomic E-state index is 12.4. The van der Waals surface area contributed by atoms with E-state index in [9.17, 15) is 4.79 Å². The van der Waals surface area contributed by atoms with E-state index in [4.69, 9.17) is 14.2 Å². The number of esters is 1. The topological polar surface area (TPSA) is 57.1 Å². The normalized spacial score (nSPS) is 14.6. The Morgan fingerprint density at radius 2 is 1.90 bits per heavy atom. The third kappa shape index (κ3) is 3.75. The summed E-state index contributed by atoms with van der Waals surface area (Å²) >= 11 is 0. The lowest BCUT2D eigenvalue weighted by molar-refractivity contribution is -0.129. The number of carbonyl (C=O) groups excluding carboxylic acids is 1. The van der Waals surface area contributed by atoms with Crippen molar-refractivity contribution in [2.45, 2.75) is 0 Å². The van der Waals surface area contributed by atoms with Gasteiger partial charge in [0.15, 0.2) is 17.2 Å². The maximum absolute atomic E-state index is 12.4. The second-order valence-corrected chi connectivity index (χ2v) is 6.37. The Kier molecular flexibility index (Phi) is 5.12. The summed E-state index contributed by atoms with van der Waals surface area (Å²) in [6.07, 6.45) is 3.33. The number of ether oxygens (including phenoxy) is 3. The summed E-state index contributed by atoms with van der Waals surface area (Å²) in [5.74, 6) is 0.976. The fourth-order valence-corrected chi connectivity index (χ4v) is 3.14. The second-order valence-electron chi connectivity index (χ2n) is 6.37. The fraction of sp³-hybridized carbons (Fsp3) is 0.0833. The molecule has 0 amide bonds. The lowest BCUT2D eigenvalue weighted by Crippen LogP contribution is -2.05. The molecule has 5 heteroatoms. The lowest BCUT2D eigenvalue weighted by Gasteiger charge is -2.09. The highest BCUT2D eigenvalue weighted by Gasteiger charge is 2.25. The average Bonchev–Trinajstić information content (AvgIpc) is 3.12. The summed E-state index contributed by atoms with van der Waals surface area (Å²) in [5.41, 5.74) is 1.77. The van der Waals surface area contributed by atoms with Crippen molar-refractivity contribution in [2.24, 2.45) is 4.99 Å². The number of hydrogen-bond donors (Lipinski definition) is 0. The molecule has 144 valence electrons. The third-order valence-electron chi connectivity index (χ3n) is 4.49. The van der Waals surface area contributed by atoms with Crippen LogP contribution in [0.1, 0.15) is 11.1 Å². The highest BCUT2D eigenvalue weighted by atomic mass is 16.6. The van der Waals surface area contributed by atoms with Crippen LogP contribution in [0.15, 0.2) is 84.0 Å². The predicted molar refractivity (Wildman–Crippen MR) is 113 cm³/mol. The summed E-state index contributed by atoms with van der Waals surface area (Å²) in [4.78, 5) is 16.8. The van der Waals surface area contributed by atoms with Crippen LogP contribution in [0.5, 0.6) is 11.5 Å². The number of benzene rings is 3. The molecule has 0 atom stereocenters. The zero-order chi connectivity index (χ0) is 20.2. The molecule has 3 aromatic carbocycles. The van der Waals surface area contributed by atoms with E-state index in [1.54, 1.807) is 31.4 Å². The number of methoxy groups -OCH3 is 1. The summed E-state index contributed by atoms with van der Waals surface area (Å²) in [6.45, 7) is 4.01. The first-order valence-corrected chi connectivity index (χ1v) is 9.12. The number of nitrogens with zero attached hydrogens (tertiary/aromatic N) is 1. The number of hydrogen-bond acceptors (Lipinski definition) is 5. The van der Waals surface area contributed by atoms with E-state index < -0.39 is 5.97 Å². The van der Waals surface area contributed by atoms with Crippen molar-refractivity contribution >= 4 is 28.7 Å². The van der Waals surface area contributed by atoms with Crippen LogP contribution in [0.25, 0.3) is 16.8 Å². The van der Waals surface area contributed by atoms with Crippen LogP contribution in [0.3, 0.4) is 0 Å². The van der Waals surface area contributed by atoms with Crippen molar-refractivity contribution in [1.29, 1.82) is 0 Å². The second kappa shape index (κ2) is 8.02. The molecule has 4 rings (SSSR count). The van der Waals surface area contributed by atoms with E-state index in [0.717, 1.165) is 21.9 Å². The van der Waals surface area contributed by atoms with Crippen LogP contribution in [-0.2, 0) is 9.53 Å². The van der Waals surface area contributed by atoms with Crippen LogP contribution < -0.4 is 9.47 Å². The summed E-state index contributed by atoms with van der Waals surface area (Å²) in [7, 11) is 1.56. The van der Waals surface area contributed by atoms with Gasteiger partial charge in [0, 0.05) is 5.56 Å². The Balaban J connectivity index is 1.68. The molecular formula is C24H19NO4. The molecule has 1 aliphatic heterocycles. The summed E-state index contributed by atoms with van der Waals surface area (Å²) in [6, 6.07) is 19.1. The monoisotopic (exact) mass is 385 g/mol. The number of aliphatic imine (C=N–C) groups is 1. The van der Waals surface area contributed by atoms with Crippen LogP contribution in [-0.4, -0.2) is 25.6 Å². The SMILES string of the molecule is C=CCOc1ccc(/C=C2/N=C(c3cccc4ccccc34)OC2=O)cc1OC. The van der Waals surface area contributed by atoms with Crippen molar-refractivity contribution in [3.63, 3.8) is 0 Å². The van der Waals surface area contributed by atoms with Gasteiger partial charge in [-0.15, -0.1) is 0 Å². The standard InChI is InChI=1S/C24H19NO4/c1-3-13-28-21-12-11-16(15-22(21)27-2)14-20-24(26)29-23(25-20)19-10-6-8-17-7-4-5-9-18(17)19/h3-12,14-15H,1,13H2,2H3/b20-14+. The van der Waals surface area contributed by atoms with E-state index in [0.29, 0.717) is 24.0 Å². The molecule has 0 fully saturated rings. The fourth-order valence-electron chi connectivity index (χ4n) is 3.14. The molecule has 0 saturated carbocycles. The van der Waals surface area contributed by atoms with Crippen molar-refractivity contribution in [3.05, 3.63) is 90.1 Å². The van der Waals surface area contributed by atoms with E-state index in [1.165, 1.54) is 0 Å². The van der Waals surface area contributed by atoms with E-state index >= 15 is 0 Å². The molecule has 29 heavy (non-hydrogen) atoms. The Hall–Kier alpha value is -3.86. The van der Waals surface area contributed by atoms with Gasteiger partial charge in [-0.05, 0) is 40.6 Å². The highest BCUT2D eigenvalue weighted by Crippen LogP contribution is 2.30. The molecule has 0 spiro atoms. The van der Waals surface area contributed by atoms with Gasteiger partial charge in [0.1, 0.15) is 6.61 Å².